The number of hydrogen-bond donors (Lipinski definition) is 3. The molecule has 34 heavy (non-hydrogen) atoms. The van der Waals surface area contributed by atoms with E-state index in [1.54, 1.807) is 11.0 Å². The number of benzene rings is 1. The van der Waals surface area contributed by atoms with Gasteiger partial charge in [-0.25, -0.2) is 14.0 Å². The second kappa shape index (κ2) is 13.5. The number of nitrogens with two attached hydrogens (primary N) is 1. The van der Waals surface area contributed by atoms with Crippen molar-refractivity contribution in [1.82, 2.24) is 4.90 Å². The molecule has 0 spiro atoms. The van der Waals surface area contributed by atoms with Crippen molar-refractivity contribution in [3.05, 3.63) is 47.3 Å². The van der Waals surface area contributed by atoms with Crippen molar-refractivity contribution in [3.63, 3.8) is 0 Å². The number of Topliss-reactive ketones (excluding diaryl/α,β-unsaturated/α-hetero) is 1. The standard InChI is InChI=1S/C22H27FN2O7S2/c1-32-22(31)21(14-4-2-3-5-15(14)23)25-9-8-18(13(11-25)10-20(29)30)34-33-12-16(24)17(26)6-7-19(27)28/h2-5,10,16,18,21H,6-9,11-12,24H2,1H3,(H,27,28)(H,29,30)/b13-10-. The van der Waals surface area contributed by atoms with Crippen LogP contribution in [0.3, 0.4) is 0 Å². The van der Waals surface area contributed by atoms with E-state index in [0.717, 1.165) is 6.08 Å². The van der Waals surface area contributed by atoms with Crippen LogP contribution in [0.25, 0.3) is 0 Å². The van der Waals surface area contributed by atoms with Crippen LogP contribution in [0.2, 0.25) is 0 Å². The minimum Gasteiger partial charge on any atom is -0.481 e. The van der Waals surface area contributed by atoms with Crippen LogP contribution in [0.15, 0.2) is 35.9 Å². The highest BCUT2D eigenvalue weighted by atomic mass is 33.1. The average molecular weight is 515 g/mol. The maximum absolute atomic E-state index is 14.5. The second-order valence-electron chi connectivity index (χ2n) is 7.60. The SMILES string of the molecule is COC(=O)C(c1ccccc1F)N1CCC(SSCC(N)C(=O)CCC(=O)O)/C(=C\C(=O)O)C1. The summed E-state index contributed by atoms with van der Waals surface area (Å²) in [7, 11) is 3.88. The Balaban J connectivity index is 2.08. The third kappa shape index (κ3) is 8.12. The number of rotatable bonds is 12. The van der Waals surface area contributed by atoms with Crippen LogP contribution in [0.1, 0.15) is 30.9 Å². The summed E-state index contributed by atoms with van der Waals surface area (Å²) in [4.78, 5) is 48.2. The molecule has 3 atom stereocenters. The van der Waals surface area contributed by atoms with Crippen molar-refractivity contribution in [3.8, 4) is 0 Å². The Kier molecular flexibility index (Phi) is 11.0. The largest absolute Gasteiger partial charge is 0.481 e. The van der Waals surface area contributed by atoms with E-state index in [0.29, 0.717) is 18.5 Å². The molecular formula is C22H27FN2O7S2. The van der Waals surface area contributed by atoms with Gasteiger partial charge in [0.05, 0.1) is 19.6 Å². The Labute approximate surface area is 204 Å². The topological polar surface area (TPSA) is 147 Å². The van der Waals surface area contributed by atoms with E-state index in [4.69, 9.17) is 15.6 Å². The van der Waals surface area contributed by atoms with Crippen LogP contribution >= 0.6 is 21.6 Å². The predicted molar refractivity (Wildman–Crippen MR) is 127 cm³/mol. The van der Waals surface area contributed by atoms with Gasteiger partial charge in [-0.2, -0.15) is 0 Å². The van der Waals surface area contributed by atoms with Crippen LogP contribution in [-0.4, -0.2) is 76.0 Å². The molecule has 1 fully saturated rings. The third-order valence-corrected chi connectivity index (χ3v) is 8.12. The molecule has 0 aliphatic carbocycles. The summed E-state index contributed by atoms with van der Waals surface area (Å²) >= 11 is 0. The first-order valence-corrected chi connectivity index (χ1v) is 12.8. The second-order valence-corrected chi connectivity index (χ2v) is 10.2. The lowest BCUT2D eigenvalue weighted by Crippen LogP contribution is -2.43. The fourth-order valence-electron chi connectivity index (χ4n) is 3.50. The highest BCUT2D eigenvalue weighted by Gasteiger charge is 2.36. The van der Waals surface area contributed by atoms with Gasteiger partial charge in [-0.05, 0) is 18.1 Å². The number of piperidine rings is 1. The van der Waals surface area contributed by atoms with Gasteiger partial charge in [-0.3, -0.25) is 14.5 Å². The van der Waals surface area contributed by atoms with Crippen LogP contribution in [0.4, 0.5) is 4.39 Å². The lowest BCUT2D eigenvalue weighted by molar-refractivity contribution is -0.147. The number of carbonyl (C=O) groups excluding carboxylic acids is 2. The number of halogens is 1. The number of esters is 1. The molecular weight excluding hydrogens is 487 g/mol. The number of likely N-dealkylation sites (tertiary alicyclic amines) is 1. The zero-order valence-electron chi connectivity index (χ0n) is 18.5. The van der Waals surface area contributed by atoms with E-state index in [1.807, 2.05) is 0 Å². The molecule has 9 nitrogen and oxygen atoms in total. The molecule has 0 amide bonds. The number of ketones is 1. The molecule has 0 radical (unpaired) electrons. The zero-order valence-corrected chi connectivity index (χ0v) is 20.1. The highest BCUT2D eigenvalue weighted by Crippen LogP contribution is 2.39. The van der Waals surface area contributed by atoms with E-state index >= 15 is 0 Å². The van der Waals surface area contributed by atoms with Gasteiger partial charge >= 0.3 is 17.9 Å². The van der Waals surface area contributed by atoms with Gasteiger partial charge in [0, 0.05) is 42.2 Å². The summed E-state index contributed by atoms with van der Waals surface area (Å²) in [6.07, 6.45) is 1.13. The van der Waals surface area contributed by atoms with Gasteiger partial charge in [0.15, 0.2) is 5.78 Å². The molecule has 0 bridgehead atoms. The van der Waals surface area contributed by atoms with Crippen LogP contribution < -0.4 is 5.73 Å². The maximum Gasteiger partial charge on any atom is 0.328 e. The number of aliphatic carboxylic acids is 2. The first-order chi connectivity index (χ1) is 16.1. The Morgan fingerprint density at radius 3 is 2.59 bits per heavy atom. The molecule has 1 aromatic carbocycles. The summed E-state index contributed by atoms with van der Waals surface area (Å²) in [6.45, 7) is 0.495. The molecule has 186 valence electrons. The first kappa shape index (κ1) is 27.8. The third-order valence-electron chi connectivity index (χ3n) is 5.21. The molecule has 12 heteroatoms. The minimum atomic E-state index is -1.14. The van der Waals surface area contributed by atoms with Crippen molar-refractivity contribution in [2.24, 2.45) is 5.73 Å². The van der Waals surface area contributed by atoms with E-state index in [9.17, 15) is 28.7 Å². The van der Waals surface area contributed by atoms with E-state index in [-0.39, 0.29) is 41.7 Å². The number of methoxy groups -OCH3 is 1. The molecule has 1 aliphatic heterocycles. The van der Waals surface area contributed by atoms with E-state index in [1.165, 1.54) is 46.9 Å². The highest BCUT2D eigenvalue weighted by molar-refractivity contribution is 8.77. The smallest absolute Gasteiger partial charge is 0.328 e. The fourth-order valence-corrected chi connectivity index (χ4v) is 6.37. The van der Waals surface area contributed by atoms with Gasteiger partial charge in [-0.1, -0.05) is 39.8 Å². The average Bonchev–Trinajstić information content (AvgIpc) is 2.79. The Morgan fingerprint density at radius 1 is 1.26 bits per heavy atom. The van der Waals surface area contributed by atoms with Crippen molar-refractivity contribution in [2.45, 2.75) is 36.6 Å². The molecule has 1 aromatic rings. The van der Waals surface area contributed by atoms with Crippen LogP contribution in [0, 0.1) is 5.82 Å². The molecule has 4 N–H and O–H groups in total. The molecule has 1 aliphatic rings. The molecule has 3 unspecified atom stereocenters. The minimum absolute atomic E-state index is 0.113. The predicted octanol–water partition coefficient (Wildman–Crippen LogP) is 2.27. The number of nitrogens with zero attached hydrogens (tertiary/aromatic N) is 1. The van der Waals surface area contributed by atoms with Crippen molar-refractivity contribution < 1.29 is 38.5 Å². The quantitative estimate of drug-likeness (QED) is 0.214. The first-order valence-electron chi connectivity index (χ1n) is 10.4. The zero-order chi connectivity index (χ0) is 25.3. The summed E-state index contributed by atoms with van der Waals surface area (Å²) in [6, 6.07) is 4.02. The number of carboxylic acids is 2. The summed E-state index contributed by atoms with van der Waals surface area (Å²) < 4.78 is 19.4. The van der Waals surface area contributed by atoms with Gasteiger partial charge in [-0.15, -0.1) is 0 Å². The van der Waals surface area contributed by atoms with Gasteiger partial charge in [0.25, 0.3) is 0 Å². The number of carbonyl (C=O) groups is 4. The number of ether oxygens (including phenoxy) is 1. The fraction of sp³-hybridized carbons (Fsp3) is 0.455. The van der Waals surface area contributed by atoms with Crippen molar-refractivity contribution in [2.75, 3.05) is 26.0 Å². The Morgan fingerprint density at radius 2 is 1.97 bits per heavy atom. The lowest BCUT2D eigenvalue weighted by Gasteiger charge is -2.37. The van der Waals surface area contributed by atoms with Gasteiger partial charge < -0.3 is 20.7 Å². The van der Waals surface area contributed by atoms with Crippen molar-refractivity contribution in [1.29, 1.82) is 0 Å². The maximum atomic E-state index is 14.5. The van der Waals surface area contributed by atoms with Crippen LogP contribution in [-0.2, 0) is 23.9 Å². The summed E-state index contributed by atoms with van der Waals surface area (Å²) in [5.74, 6) is -3.53. The monoisotopic (exact) mass is 514 g/mol. The van der Waals surface area contributed by atoms with Gasteiger partial charge in [0.1, 0.15) is 11.9 Å². The Bertz CT molecular complexity index is 944. The van der Waals surface area contributed by atoms with Crippen molar-refractivity contribution >= 4 is 45.3 Å². The van der Waals surface area contributed by atoms with Crippen LogP contribution in [0.5, 0.6) is 0 Å². The molecule has 1 heterocycles. The normalized spacial score (nSPS) is 19.4. The van der Waals surface area contributed by atoms with E-state index < -0.39 is 35.8 Å². The number of carboxylic acid groups (broad SMARTS) is 2. The summed E-state index contributed by atoms with van der Waals surface area (Å²) in [5, 5.41) is 17.8. The molecule has 0 saturated carbocycles. The summed E-state index contributed by atoms with van der Waals surface area (Å²) in [5.41, 5.74) is 6.53. The molecule has 2 rings (SSSR count). The lowest BCUT2D eigenvalue weighted by atomic mass is 9.98. The Hall–Kier alpha value is -2.41. The molecule has 1 saturated heterocycles. The number of hydrogen-bond acceptors (Lipinski definition) is 9. The van der Waals surface area contributed by atoms with Gasteiger partial charge in [0.2, 0.25) is 0 Å². The van der Waals surface area contributed by atoms with E-state index in [2.05, 4.69) is 0 Å². The molecule has 0 aromatic heterocycles.